The maximum atomic E-state index is 2.42. The first-order valence-corrected chi connectivity index (χ1v) is 15.8. The summed E-state index contributed by atoms with van der Waals surface area (Å²) in [6.45, 7) is 4.73. The fourth-order valence-corrected chi connectivity index (χ4v) is 7.66. The zero-order valence-corrected chi connectivity index (χ0v) is 25.5. The molecule has 0 saturated heterocycles. The lowest BCUT2D eigenvalue weighted by Crippen LogP contribution is -2.25. The normalized spacial score (nSPS) is 14.7. The summed E-state index contributed by atoms with van der Waals surface area (Å²) >= 11 is 0. The topological polar surface area (TPSA) is 3.01 Å². The summed E-state index contributed by atoms with van der Waals surface area (Å²) in [4.78, 5) is 0. The molecule has 0 saturated carbocycles. The molecule has 7 aromatic rings. The number of rotatable bonds is 4. The molecule has 2 aliphatic rings. The van der Waals surface area contributed by atoms with Gasteiger partial charge in [-0.15, -0.1) is 0 Å². The molecule has 9 rings (SSSR count). The molecule has 7 aromatic carbocycles. The second-order valence-electron chi connectivity index (χ2n) is 12.8. The number of fused-ring (bicyclic) bond motifs is 5. The fourth-order valence-electron chi connectivity index (χ4n) is 7.66. The van der Waals surface area contributed by atoms with Gasteiger partial charge in [0.15, 0.2) is 0 Å². The van der Waals surface area contributed by atoms with Gasteiger partial charge in [0.05, 0.1) is 11.6 Å². The largest absolute Gasteiger partial charge is 0.226 e. The van der Waals surface area contributed by atoms with E-state index in [4.69, 9.17) is 0 Å². The predicted octanol–water partition coefficient (Wildman–Crippen LogP) is 11.2. The molecule has 212 valence electrons. The quantitative estimate of drug-likeness (QED) is 0.184. The van der Waals surface area contributed by atoms with Gasteiger partial charge in [0.2, 0.25) is 17.1 Å². The van der Waals surface area contributed by atoms with E-state index in [0.29, 0.717) is 0 Å². The zero-order valence-electron chi connectivity index (χ0n) is 25.5. The van der Waals surface area contributed by atoms with Crippen LogP contribution in [0.2, 0.25) is 0 Å². The van der Waals surface area contributed by atoms with Crippen molar-refractivity contribution in [2.45, 2.75) is 19.3 Å². The summed E-state index contributed by atoms with van der Waals surface area (Å²) in [5.41, 5.74) is 14.1. The lowest BCUT2D eigenvalue weighted by atomic mass is 9.80. The summed E-state index contributed by atoms with van der Waals surface area (Å²) in [7, 11) is 0. The fraction of sp³-hybridized carbons (Fsp3) is 0.0682. The summed E-state index contributed by atoms with van der Waals surface area (Å²) in [6, 6.07) is 55.5. The van der Waals surface area contributed by atoms with Crippen LogP contribution in [0.5, 0.6) is 0 Å². The Morgan fingerprint density at radius 3 is 1.93 bits per heavy atom. The van der Waals surface area contributed by atoms with E-state index in [9.17, 15) is 0 Å². The highest BCUT2D eigenvalue weighted by atomic mass is 15.1. The first kappa shape index (κ1) is 25.9. The lowest BCUT2D eigenvalue weighted by Gasteiger charge is -2.23. The van der Waals surface area contributed by atoms with Crippen LogP contribution in [0.4, 0.5) is 5.69 Å². The predicted molar refractivity (Wildman–Crippen MR) is 189 cm³/mol. The van der Waals surface area contributed by atoms with Crippen LogP contribution in [0.25, 0.3) is 49.5 Å². The summed E-state index contributed by atoms with van der Waals surface area (Å²) < 4.78 is 2.42. The highest BCUT2D eigenvalue weighted by molar-refractivity contribution is 6.20. The monoisotopic (exact) mass is 574 g/mol. The Morgan fingerprint density at radius 2 is 1.11 bits per heavy atom. The highest BCUT2D eigenvalue weighted by Crippen LogP contribution is 2.54. The second-order valence-corrected chi connectivity index (χ2v) is 12.8. The Morgan fingerprint density at radius 1 is 0.467 bits per heavy atom. The van der Waals surface area contributed by atoms with Crippen LogP contribution in [0.1, 0.15) is 36.1 Å². The first-order valence-electron chi connectivity index (χ1n) is 15.8. The van der Waals surface area contributed by atoms with Gasteiger partial charge in [0, 0.05) is 23.1 Å². The van der Waals surface area contributed by atoms with Crippen molar-refractivity contribution in [1.82, 2.24) is 0 Å². The molecule has 0 fully saturated rings. The van der Waals surface area contributed by atoms with E-state index >= 15 is 0 Å². The second kappa shape index (κ2) is 9.74. The van der Waals surface area contributed by atoms with Crippen molar-refractivity contribution in [3.63, 3.8) is 0 Å². The summed E-state index contributed by atoms with van der Waals surface area (Å²) in [5, 5.41) is 5.12. The van der Waals surface area contributed by atoms with Crippen LogP contribution in [0, 0.1) is 0 Å². The molecular weight excluding hydrogens is 542 g/mol. The SMILES string of the molecule is CC1(C)c2ccccc2-c2c1cc1ccccc1c2-c1ccc([N+]2=C(c3cccc4ccccc34)C=C2c2ccccc2)cc1. The average Bonchev–Trinajstić information content (AvgIpc) is 3.30. The van der Waals surface area contributed by atoms with Crippen LogP contribution in [-0.4, -0.2) is 10.3 Å². The van der Waals surface area contributed by atoms with Gasteiger partial charge in [0.1, 0.15) is 0 Å². The van der Waals surface area contributed by atoms with Crippen molar-refractivity contribution in [3.05, 3.63) is 180 Å². The summed E-state index contributed by atoms with van der Waals surface area (Å²) in [6.07, 6.45) is 2.33. The van der Waals surface area contributed by atoms with E-state index in [1.54, 1.807) is 0 Å². The molecule has 0 spiro atoms. The highest BCUT2D eigenvalue weighted by Gasteiger charge is 2.38. The molecule has 0 bridgehead atoms. The van der Waals surface area contributed by atoms with E-state index in [2.05, 4.69) is 176 Å². The minimum Gasteiger partial charge on any atom is -0.152 e. The maximum Gasteiger partial charge on any atom is 0.226 e. The van der Waals surface area contributed by atoms with Gasteiger partial charge < -0.3 is 0 Å². The van der Waals surface area contributed by atoms with Crippen LogP contribution < -0.4 is 0 Å². The van der Waals surface area contributed by atoms with Crippen molar-refractivity contribution in [3.8, 4) is 22.3 Å². The number of hydrogen-bond donors (Lipinski definition) is 0. The maximum absolute atomic E-state index is 2.42. The number of benzene rings is 7. The molecule has 1 aliphatic heterocycles. The van der Waals surface area contributed by atoms with Gasteiger partial charge in [-0.3, -0.25) is 0 Å². The molecule has 1 aliphatic carbocycles. The molecule has 1 nitrogen and oxygen atoms in total. The molecule has 1 heteroatoms. The van der Waals surface area contributed by atoms with Crippen LogP contribution >= 0.6 is 0 Å². The van der Waals surface area contributed by atoms with Crippen molar-refractivity contribution >= 4 is 38.6 Å². The average molecular weight is 575 g/mol. The number of nitrogens with zero attached hydrogens (tertiary/aromatic N) is 1. The Kier molecular flexibility index (Phi) is 5.61. The minimum absolute atomic E-state index is 0.0556. The van der Waals surface area contributed by atoms with Gasteiger partial charge in [-0.05, 0) is 91.3 Å². The molecule has 0 atom stereocenters. The van der Waals surface area contributed by atoms with Crippen LogP contribution in [0.3, 0.4) is 0 Å². The van der Waals surface area contributed by atoms with Gasteiger partial charge in [-0.1, -0.05) is 117 Å². The molecule has 0 aromatic heterocycles. The van der Waals surface area contributed by atoms with Crippen molar-refractivity contribution in [1.29, 1.82) is 0 Å². The standard InChI is InChI=1S/C44H32N/c1-44(2)38-22-11-10-20-37(38)43-39(44)27-32-16-7-9-19-35(32)42(43)31-23-25-33(26-24-31)45-40(30-14-4-3-5-15-30)28-41(45)36-21-12-17-29-13-6-8-18-34(29)36/h3-28H,1-2H3/q+1. The third-order valence-electron chi connectivity index (χ3n) is 9.90. The third-order valence-corrected chi connectivity index (χ3v) is 9.90. The lowest BCUT2D eigenvalue weighted by molar-refractivity contribution is -0.341. The van der Waals surface area contributed by atoms with Crippen LogP contribution in [-0.2, 0) is 5.41 Å². The number of allylic oxidation sites excluding steroid dienone is 1. The smallest absolute Gasteiger partial charge is 0.152 e. The zero-order chi connectivity index (χ0) is 30.1. The van der Waals surface area contributed by atoms with Gasteiger partial charge >= 0.3 is 0 Å². The van der Waals surface area contributed by atoms with E-state index in [-0.39, 0.29) is 5.41 Å². The van der Waals surface area contributed by atoms with E-state index in [0.717, 1.165) is 0 Å². The van der Waals surface area contributed by atoms with E-state index in [1.165, 1.54) is 83.1 Å². The third kappa shape index (κ3) is 3.84. The van der Waals surface area contributed by atoms with E-state index in [1.807, 2.05) is 0 Å². The molecule has 0 radical (unpaired) electrons. The molecular formula is C44H32N+. The van der Waals surface area contributed by atoms with Crippen molar-refractivity contribution in [2.24, 2.45) is 0 Å². The van der Waals surface area contributed by atoms with Gasteiger partial charge in [-0.25, -0.2) is 0 Å². The molecule has 0 N–H and O–H groups in total. The Bertz CT molecular complexity index is 2360. The van der Waals surface area contributed by atoms with Gasteiger partial charge in [-0.2, -0.15) is 4.58 Å². The molecule has 0 unspecified atom stereocenters. The van der Waals surface area contributed by atoms with Gasteiger partial charge in [0.25, 0.3) is 0 Å². The Labute approximate surface area is 264 Å². The number of hydrogen-bond acceptors (Lipinski definition) is 0. The molecule has 45 heavy (non-hydrogen) atoms. The van der Waals surface area contributed by atoms with Crippen molar-refractivity contribution in [2.75, 3.05) is 0 Å². The van der Waals surface area contributed by atoms with Crippen LogP contribution in [0.15, 0.2) is 158 Å². The molecule has 0 amide bonds. The van der Waals surface area contributed by atoms with E-state index < -0.39 is 0 Å². The Balaban J connectivity index is 1.24. The van der Waals surface area contributed by atoms with Crippen molar-refractivity contribution < 1.29 is 4.58 Å². The summed E-state index contributed by atoms with van der Waals surface area (Å²) in [5.74, 6) is 0. The molecule has 1 heterocycles. The Hall–Kier alpha value is -5.53. The minimum atomic E-state index is -0.0556. The first-order chi connectivity index (χ1) is 22.1.